The minimum atomic E-state index is -0.278. The van der Waals surface area contributed by atoms with Crippen molar-refractivity contribution in [3.05, 3.63) is 57.8 Å². The molecule has 1 heterocycles. The Kier molecular flexibility index (Phi) is 8.00. The maximum Gasteiger partial charge on any atom is 0.234 e. The first kappa shape index (κ1) is 23.9. The van der Waals surface area contributed by atoms with Crippen molar-refractivity contribution in [2.45, 2.75) is 18.5 Å². The van der Waals surface area contributed by atoms with E-state index in [1.54, 1.807) is 43.0 Å². The molecule has 0 saturated heterocycles. The second-order valence-corrected chi connectivity index (χ2v) is 8.61. The standard InChI is InChI=1S/C21H21Cl2N5O3S/c1-12-4-7-17(31-3)16(8-12)25-20(30)11-32-21-27-26-18(28(21)2)10-19(29)24-13-5-6-14(22)15(23)9-13/h4-9H,10-11H2,1-3H3,(H,24,29)(H,25,30). The molecule has 0 radical (unpaired) electrons. The zero-order valence-electron chi connectivity index (χ0n) is 17.6. The lowest BCUT2D eigenvalue weighted by atomic mass is 10.2. The van der Waals surface area contributed by atoms with E-state index in [4.69, 9.17) is 27.9 Å². The molecule has 0 saturated carbocycles. The Balaban J connectivity index is 1.56. The number of aryl methyl sites for hydroxylation is 1. The molecule has 168 valence electrons. The largest absolute Gasteiger partial charge is 0.495 e. The molecule has 0 atom stereocenters. The minimum Gasteiger partial charge on any atom is -0.495 e. The van der Waals surface area contributed by atoms with Crippen molar-refractivity contribution in [2.24, 2.45) is 7.05 Å². The predicted molar refractivity (Wildman–Crippen MR) is 127 cm³/mol. The van der Waals surface area contributed by atoms with Gasteiger partial charge in [-0.05, 0) is 42.8 Å². The third-order valence-corrected chi connectivity index (χ3v) is 6.17. The quantitative estimate of drug-likeness (QED) is 0.452. The van der Waals surface area contributed by atoms with E-state index in [-0.39, 0.29) is 24.0 Å². The van der Waals surface area contributed by atoms with E-state index in [1.807, 2.05) is 19.1 Å². The third kappa shape index (κ3) is 6.15. The van der Waals surface area contributed by atoms with Gasteiger partial charge in [0.25, 0.3) is 0 Å². The van der Waals surface area contributed by atoms with Gasteiger partial charge >= 0.3 is 0 Å². The first-order chi connectivity index (χ1) is 15.3. The highest BCUT2D eigenvalue weighted by Crippen LogP contribution is 2.26. The molecule has 0 unspecified atom stereocenters. The Bertz CT molecular complexity index is 1150. The van der Waals surface area contributed by atoms with E-state index in [0.717, 1.165) is 5.56 Å². The maximum absolute atomic E-state index is 12.4. The number of carbonyl (C=O) groups excluding carboxylic acids is 2. The van der Waals surface area contributed by atoms with Crippen molar-refractivity contribution in [1.29, 1.82) is 0 Å². The Labute approximate surface area is 199 Å². The summed E-state index contributed by atoms with van der Waals surface area (Å²) in [6.45, 7) is 1.93. The van der Waals surface area contributed by atoms with Crippen molar-refractivity contribution < 1.29 is 14.3 Å². The first-order valence-corrected chi connectivity index (χ1v) is 11.2. The van der Waals surface area contributed by atoms with E-state index in [0.29, 0.717) is 38.2 Å². The van der Waals surface area contributed by atoms with Gasteiger partial charge in [-0.25, -0.2) is 0 Å². The molecule has 2 aromatic carbocycles. The summed E-state index contributed by atoms with van der Waals surface area (Å²) < 4.78 is 6.96. The highest BCUT2D eigenvalue weighted by Gasteiger charge is 2.16. The van der Waals surface area contributed by atoms with Gasteiger partial charge in [-0.1, -0.05) is 41.0 Å². The number of halogens is 2. The van der Waals surface area contributed by atoms with Crippen LogP contribution in [0.15, 0.2) is 41.6 Å². The lowest BCUT2D eigenvalue weighted by molar-refractivity contribution is -0.116. The number of anilines is 2. The van der Waals surface area contributed by atoms with Gasteiger partial charge in [-0.2, -0.15) is 0 Å². The molecule has 0 aliphatic carbocycles. The van der Waals surface area contributed by atoms with E-state index in [1.165, 1.54) is 11.8 Å². The third-order valence-electron chi connectivity index (χ3n) is 4.41. The van der Waals surface area contributed by atoms with Crippen molar-refractivity contribution in [1.82, 2.24) is 14.8 Å². The molecule has 2 N–H and O–H groups in total. The molecular weight excluding hydrogens is 473 g/mol. The Morgan fingerprint density at radius 1 is 1.06 bits per heavy atom. The molecule has 2 amide bonds. The molecule has 3 rings (SSSR count). The molecule has 0 spiro atoms. The van der Waals surface area contributed by atoms with Crippen LogP contribution >= 0.6 is 35.0 Å². The molecule has 0 fully saturated rings. The maximum atomic E-state index is 12.4. The van der Waals surface area contributed by atoms with Crippen LogP contribution in [0, 0.1) is 6.92 Å². The molecule has 8 nitrogen and oxygen atoms in total. The summed E-state index contributed by atoms with van der Waals surface area (Å²) in [5, 5.41) is 15.0. The van der Waals surface area contributed by atoms with Crippen LogP contribution in [0.25, 0.3) is 0 Å². The average molecular weight is 494 g/mol. The molecule has 1 aromatic heterocycles. The molecule has 11 heteroatoms. The van der Waals surface area contributed by atoms with E-state index < -0.39 is 0 Å². The van der Waals surface area contributed by atoms with Crippen LogP contribution in [0.5, 0.6) is 5.75 Å². The smallest absolute Gasteiger partial charge is 0.234 e. The second kappa shape index (κ2) is 10.7. The summed E-state index contributed by atoms with van der Waals surface area (Å²) in [5.41, 5.74) is 2.14. The lowest BCUT2D eigenvalue weighted by Gasteiger charge is -2.11. The fourth-order valence-corrected chi connectivity index (χ4v) is 3.81. The van der Waals surface area contributed by atoms with E-state index in [9.17, 15) is 9.59 Å². The fraction of sp³-hybridized carbons (Fsp3) is 0.238. The minimum absolute atomic E-state index is 0.0109. The van der Waals surface area contributed by atoms with Gasteiger partial charge < -0.3 is 19.9 Å². The fourth-order valence-electron chi connectivity index (χ4n) is 2.78. The number of hydrogen-bond acceptors (Lipinski definition) is 6. The van der Waals surface area contributed by atoms with Crippen LogP contribution in [-0.2, 0) is 23.1 Å². The summed E-state index contributed by atoms with van der Waals surface area (Å²) in [5.74, 6) is 0.688. The monoisotopic (exact) mass is 493 g/mol. The second-order valence-electron chi connectivity index (χ2n) is 6.85. The average Bonchev–Trinajstić information content (AvgIpc) is 3.08. The SMILES string of the molecule is COc1ccc(C)cc1NC(=O)CSc1nnc(CC(=O)Nc2ccc(Cl)c(Cl)c2)n1C. The van der Waals surface area contributed by atoms with Gasteiger partial charge in [0.15, 0.2) is 5.16 Å². The van der Waals surface area contributed by atoms with Gasteiger partial charge in [-0.3, -0.25) is 9.59 Å². The van der Waals surface area contributed by atoms with Crippen LogP contribution in [-0.4, -0.2) is 39.4 Å². The number of aromatic nitrogens is 3. The Hall–Kier alpha value is -2.75. The number of nitrogens with one attached hydrogen (secondary N) is 2. The number of carbonyl (C=O) groups is 2. The predicted octanol–water partition coefficient (Wildman–Crippen LogP) is 4.35. The molecule has 0 aliphatic rings. The highest BCUT2D eigenvalue weighted by atomic mass is 35.5. The number of amides is 2. The van der Waals surface area contributed by atoms with E-state index in [2.05, 4.69) is 20.8 Å². The van der Waals surface area contributed by atoms with Crippen LogP contribution in [0.4, 0.5) is 11.4 Å². The van der Waals surface area contributed by atoms with E-state index >= 15 is 0 Å². The first-order valence-electron chi connectivity index (χ1n) is 9.47. The summed E-state index contributed by atoms with van der Waals surface area (Å²) in [6.07, 6.45) is 0.0109. The van der Waals surface area contributed by atoms with Crippen molar-refractivity contribution in [3.8, 4) is 5.75 Å². The van der Waals surface area contributed by atoms with Gasteiger partial charge in [0.05, 0.1) is 35.0 Å². The summed E-state index contributed by atoms with van der Waals surface area (Å²) in [6, 6.07) is 10.4. The number of hydrogen-bond donors (Lipinski definition) is 2. The number of rotatable bonds is 8. The summed E-state index contributed by atoms with van der Waals surface area (Å²) >= 11 is 13.1. The molecule has 32 heavy (non-hydrogen) atoms. The zero-order valence-corrected chi connectivity index (χ0v) is 19.9. The van der Waals surface area contributed by atoms with Gasteiger partial charge in [0, 0.05) is 12.7 Å². The highest BCUT2D eigenvalue weighted by molar-refractivity contribution is 7.99. The van der Waals surface area contributed by atoms with Crippen LogP contribution in [0.3, 0.4) is 0 Å². The Morgan fingerprint density at radius 3 is 2.56 bits per heavy atom. The molecule has 3 aromatic rings. The van der Waals surface area contributed by atoms with Crippen LogP contribution < -0.4 is 15.4 Å². The number of benzene rings is 2. The molecular formula is C21H21Cl2N5O3S. The topological polar surface area (TPSA) is 98.1 Å². The molecule has 0 bridgehead atoms. The van der Waals surface area contributed by atoms with Gasteiger partial charge in [-0.15, -0.1) is 10.2 Å². The number of nitrogens with zero attached hydrogens (tertiary/aromatic N) is 3. The van der Waals surface area contributed by atoms with Crippen molar-refractivity contribution in [3.63, 3.8) is 0 Å². The van der Waals surface area contributed by atoms with Crippen molar-refractivity contribution >= 4 is 58.2 Å². The number of thioether (sulfide) groups is 1. The Morgan fingerprint density at radius 2 is 1.84 bits per heavy atom. The zero-order chi connectivity index (χ0) is 23.3. The number of methoxy groups -OCH3 is 1. The lowest BCUT2D eigenvalue weighted by Crippen LogP contribution is -2.17. The normalized spacial score (nSPS) is 10.7. The van der Waals surface area contributed by atoms with Crippen LogP contribution in [0.2, 0.25) is 10.0 Å². The molecule has 0 aliphatic heterocycles. The number of ether oxygens (including phenoxy) is 1. The summed E-state index contributed by atoms with van der Waals surface area (Å²) in [4.78, 5) is 24.7. The van der Waals surface area contributed by atoms with Crippen molar-refractivity contribution in [2.75, 3.05) is 23.5 Å². The van der Waals surface area contributed by atoms with Gasteiger partial charge in [0.1, 0.15) is 11.6 Å². The summed E-state index contributed by atoms with van der Waals surface area (Å²) in [7, 11) is 3.29. The van der Waals surface area contributed by atoms with Gasteiger partial charge in [0.2, 0.25) is 11.8 Å². The van der Waals surface area contributed by atoms with Crippen LogP contribution in [0.1, 0.15) is 11.4 Å².